The lowest BCUT2D eigenvalue weighted by Gasteiger charge is -2.31. The largest absolute Gasteiger partial charge is 0.342 e. The van der Waals surface area contributed by atoms with Gasteiger partial charge in [0.2, 0.25) is 11.8 Å². The summed E-state index contributed by atoms with van der Waals surface area (Å²) >= 11 is 1.65. The Morgan fingerprint density at radius 1 is 1.41 bits per heavy atom. The van der Waals surface area contributed by atoms with Crippen molar-refractivity contribution in [3.8, 4) is 0 Å². The molecular formula is C11H21N3O2S. The van der Waals surface area contributed by atoms with Crippen LogP contribution < -0.4 is 11.3 Å². The van der Waals surface area contributed by atoms with Gasteiger partial charge in [0.1, 0.15) is 0 Å². The molecule has 1 saturated heterocycles. The van der Waals surface area contributed by atoms with E-state index in [2.05, 4.69) is 19.3 Å². The van der Waals surface area contributed by atoms with Crippen LogP contribution in [0.2, 0.25) is 0 Å². The third-order valence-corrected chi connectivity index (χ3v) is 3.98. The highest BCUT2D eigenvalue weighted by Crippen LogP contribution is 2.18. The summed E-state index contributed by atoms with van der Waals surface area (Å²) in [5.41, 5.74) is 2.17. The predicted molar refractivity (Wildman–Crippen MR) is 69.2 cm³/mol. The maximum Gasteiger partial charge on any atom is 0.237 e. The average molecular weight is 259 g/mol. The van der Waals surface area contributed by atoms with Crippen molar-refractivity contribution >= 4 is 23.6 Å². The second-order valence-corrected chi connectivity index (χ2v) is 6.09. The maximum absolute atomic E-state index is 11.8. The molecule has 0 aromatic heterocycles. The van der Waals surface area contributed by atoms with Crippen LogP contribution in [-0.2, 0) is 9.59 Å². The minimum Gasteiger partial charge on any atom is -0.342 e. The molecule has 0 saturated carbocycles. The van der Waals surface area contributed by atoms with Gasteiger partial charge in [-0.3, -0.25) is 15.0 Å². The van der Waals surface area contributed by atoms with Crippen LogP contribution in [0.3, 0.4) is 0 Å². The van der Waals surface area contributed by atoms with Gasteiger partial charge in [-0.1, -0.05) is 13.8 Å². The molecule has 0 atom stereocenters. The van der Waals surface area contributed by atoms with Gasteiger partial charge in [-0.05, 0) is 18.1 Å². The number of nitrogens with two attached hydrogens (primary N) is 1. The van der Waals surface area contributed by atoms with Crippen LogP contribution >= 0.6 is 11.8 Å². The molecule has 0 aliphatic carbocycles. The Hall–Kier alpha value is -0.750. The number of likely N-dealkylation sites (tertiary alicyclic amines) is 1. The molecule has 0 aromatic carbocycles. The number of nitrogens with zero attached hydrogens (tertiary/aromatic N) is 1. The second-order valence-electron chi connectivity index (χ2n) is 4.52. The molecule has 17 heavy (non-hydrogen) atoms. The maximum atomic E-state index is 11.8. The minimum atomic E-state index is -0.117. The topological polar surface area (TPSA) is 75.4 Å². The van der Waals surface area contributed by atoms with E-state index < -0.39 is 0 Å². The van der Waals surface area contributed by atoms with E-state index in [-0.39, 0.29) is 17.7 Å². The van der Waals surface area contributed by atoms with Gasteiger partial charge in [-0.25, -0.2) is 5.84 Å². The van der Waals surface area contributed by atoms with Crippen molar-refractivity contribution in [3.63, 3.8) is 0 Å². The lowest BCUT2D eigenvalue weighted by atomic mass is 9.96. The van der Waals surface area contributed by atoms with Crippen molar-refractivity contribution in [3.05, 3.63) is 0 Å². The molecule has 1 rings (SSSR count). The highest BCUT2D eigenvalue weighted by atomic mass is 32.2. The molecule has 98 valence electrons. The van der Waals surface area contributed by atoms with Crippen molar-refractivity contribution < 1.29 is 9.59 Å². The van der Waals surface area contributed by atoms with Crippen LogP contribution in [0.4, 0.5) is 0 Å². The van der Waals surface area contributed by atoms with Crippen molar-refractivity contribution in [2.24, 2.45) is 11.8 Å². The van der Waals surface area contributed by atoms with Gasteiger partial charge in [0, 0.05) is 19.0 Å². The Morgan fingerprint density at radius 3 is 2.47 bits per heavy atom. The van der Waals surface area contributed by atoms with E-state index >= 15 is 0 Å². The Bertz CT molecular complexity index is 276. The Morgan fingerprint density at radius 2 is 2.00 bits per heavy atom. The zero-order valence-corrected chi connectivity index (χ0v) is 11.3. The van der Waals surface area contributed by atoms with Gasteiger partial charge < -0.3 is 4.90 Å². The van der Waals surface area contributed by atoms with E-state index in [0.29, 0.717) is 36.9 Å². The Kier molecular flexibility index (Phi) is 5.77. The first-order chi connectivity index (χ1) is 8.04. The quantitative estimate of drug-likeness (QED) is 0.434. The summed E-state index contributed by atoms with van der Waals surface area (Å²) in [6.07, 6.45) is 1.42. The Labute approximate surface area is 106 Å². The highest BCUT2D eigenvalue weighted by Gasteiger charge is 2.26. The summed E-state index contributed by atoms with van der Waals surface area (Å²) in [7, 11) is 0. The predicted octanol–water partition coefficient (Wildman–Crippen LogP) is 0.357. The van der Waals surface area contributed by atoms with Gasteiger partial charge in [0.15, 0.2) is 0 Å². The van der Waals surface area contributed by atoms with Crippen molar-refractivity contribution in [1.82, 2.24) is 10.3 Å². The molecule has 1 aliphatic heterocycles. The van der Waals surface area contributed by atoms with Gasteiger partial charge in [-0.15, -0.1) is 11.8 Å². The number of carbonyl (C=O) groups excluding carboxylic acids is 2. The average Bonchev–Trinajstić information content (AvgIpc) is 2.35. The summed E-state index contributed by atoms with van der Waals surface area (Å²) < 4.78 is 0. The fraction of sp³-hybridized carbons (Fsp3) is 0.818. The molecule has 0 radical (unpaired) electrons. The van der Waals surface area contributed by atoms with Crippen molar-refractivity contribution in [2.75, 3.05) is 18.8 Å². The first kappa shape index (κ1) is 14.3. The second kappa shape index (κ2) is 6.86. The molecule has 1 aliphatic rings. The van der Waals surface area contributed by atoms with Crippen molar-refractivity contribution in [2.45, 2.75) is 31.9 Å². The molecule has 6 heteroatoms. The van der Waals surface area contributed by atoms with Gasteiger partial charge >= 0.3 is 0 Å². The number of hydrogen-bond donors (Lipinski definition) is 2. The molecule has 3 N–H and O–H groups in total. The minimum absolute atomic E-state index is 0.0400. The number of hydrazine groups is 1. The molecule has 2 amide bonds. The summed E-state index contributed by atoms with van der Waals surface area (Å²) in [5, 5.41) is 0.472. The van der Waals surface area contributed by atoms with Crippen LogP contribution in [0.15, 0.2) is 0 Å². The van der Waals surface area contributed by atoms with E-state index in [1.807, 2.05) is 4.90 Å². The number of thioether (sulfide) groups is 1. The highest BCUT2D eigenvalue weighted by molar-refractivity contribution is 8.00. The number of amides is 2. The molecule has 0 bridgehead atoms. The number of rotatable bonds is 4. The van der Waals surface area contributed by atoms with Crippen LogP contribution in [0.1, 0.15) is 26.7 Å². The standard InChI is InChI=1S/C11H21N3O2S/c1-8(2)17-7-10(15)14-5-3-9(4-6-14)11(16)13-12/h8-9H,3-7,12H2,1-2H3,(H,13,16). The van der Waals surface area contributed by atoms with Gasteiger partial charge in [0.05, 0.1) is 5.75 Å². The first-order valence-corrected chi connectivity index (χ1v) is 6.99. The molecule has 0 aromatic rings. The van der Waals surface area contributed by atoms with Crippen LogP contribution in [0.5, 0.6) is 0 Å². The third-order valence-electron chi connectivity index (χ3n) is 2.90. The van der Waals surface area contributed by atoms with Gasteiger partial charge in [-0.2, -0.15) is 0 Å². The third kappa shape index (κ3) is 4.55. The summed E-state index contributed by atoms with van der Waals surface area (Å²) in [6, 6.07) is 0. The van der Waals surface area contributed by atoms with E-state index in [9.17, 15) is 9.59 Å². The summed E-state index contributed by atoms with van der Waals surface area (Å²) in [5.74, 6) is 5.65. The molecule has 1 fully saturated rings. The van der Waals surface area contributed by atoms with Crippen molar-refractivity contribution in [1.29, 1.82) is 0 Å². The number of hydrogen-bond acceptors (Lipinski definition) is 4. The summed E-state index contributed by atoms with van der Waals surface area (Å²) in [6.45, 7) is 5.48. The number of carbonyl (C=O) groups is 2. The monoisotopic (exact) mass is 259 g/mol. The Balaban J connectivity index is 2.31. The van der Waals surface area contributed by atoms with E-state index in [1.54, 1.807) is 11.8 Å². The molecule has 5 nitrogen and oxygen atoms in total. The molecular weight excluding hydrogens is 238 g/mol. The zero-order valence-electron chi connectivity index (χ0n) is 10.4. The van der Waals surface area contributed by atoms with Gasteiger partial charge in [0.25, 0.3) is 0 Å². The number of piperidine rings is 1. The van der Waals surface area contributed by atoms with E-state index in [1.165, 1.54) is 0 Å². The summed E-state index contributed by atoms with van der Waals surface area (Å²) in [4.78, 5) is 25.0. The number of nitrogens with one attached hydrogen (secondary N) is 1. The molecule has 1 heterocycles. The van der Waals surface area contributed by atoms with Crippen LogP contribution in [0, 0.1) is 5.92 Å². The SMILES string of the molecule is CC(C)SCC(=O)N1CCC(C(=O)NN)CC1. The lowest BCUT2D eigenvalue weighted by Crippen LogP contribution is -2.45. The molecule has 0 unspecified atom stereocenters. The normalized spacial score (nSPS) is 17.3. The van der Waals surface area contributed by atoms with E-state index in [4.69, 9.17) is 5.84 Å². The fourth-order valence-corrected chi connectivity index (χ4v) is 2.50. The lowest BCUT2D eigenvalue weighted by molar-refractivity contribution is -0.133. The fourth-order valence-electron chi connectivity index (χ4n) is 1.84. The van der Waals surface area contributed by atoms with Crippen LogP contribution in [-0.4, -0.2) is 40.8 Å². The smallest absolute Gasteiger partial charge is 0.237 e. The van der Waals surface area contributed by atoms with Crippen LogP contribution in [0.25, 0.3) is 0 Å². The first-order valence-electron chi connectivity index (χ1n) is 5.94. The molecule has 0 spiro atoms. The van der Waals surface area contributed by atoms with E-state index in [0.717, 1.165) is 0 Å². The zero-order chi connectivity index (χ0) is 12.8.